The highest BCUT2D eigenvalue weighted by Crippen LogP contribution is 2.39. The number of esters is 1. The summed E-state index contributed by atoms with van der Waals surface area (Å²) in [6.07, 6.45) is 1.61. The van der Waals surface area contributed by atoms with Gasteiger partial charge in [0.2, 0.25) is 0 Å². The van der Waals surface area contributed by atoms with E-state index in [0.717, 1.165) is 5.56 Å². The van der Waals surface area contributed by atoms with E-state index < -0.39 is 16.1 Å². The van der Waals surface area contributed by atoms with E-state index in [0.29, 0.717) is 33.0 Å². The average molecular weight is 470 g/mol. The van der Waals surface area contributed by atoms with Crippen LogP contribution in [0, 0.1) is 6.92 Å². The Morgan fingerprint density at radius 1 is 0.970 bits per heavy atom. The molecule has 0 atom stereocenters. The van der Waals surface area contributed by atoms with Gasteiger partial charge in [-0.3, -0.25) is 0 Å². The van der Waals surface area contributed by atoms with Gasteiger partial charge in [0, 0.05) is 30.1 Å². The quantitative estimate of drug-likeness (QED) is 0.295. The first-order valence-corrected chi connectivity index (χ1v) is 11.4. The summed E-state index contributed by atoms with van der Waals surface area (Å²) in [6, 6.07) is 13.1. The number of ether oxygens (including phenoxy) is 3. The van der Waals surface area contributed by atoms with Gasteiger partial charge in [-0.05, 0) is 42.6 Å². The lowest BCUT2D eigenvalue weighted by molar-refractivity contribution is 0.0602. The second-order valence-electron chi connectivity index (χ2n) is 7.45. The number of aromatic nitrogens is 1. The Bertz CT molecular complexity index is 1450. The maximum atomic E-state index is 13.0. The molecule has 1 heterocycles. The summed E-state index contributed by atoms with van der Waals surface area (Å²) in [4.78, 5) is 12.6. The molecule has 3 aromatic carbocycles. The second kappa shape index (κ2) is 8.76. The summed E-state index contributed by atoms with van der Waals surface area (Å²) in [5.41, 5.74) is 1.79. The number of benzene rings is 3. The molecule has 4 rings (SSSR count). The van der Waals surface area contributed by atoms with Crippen LogP contribution < -0.4 is 8.92 Å². The Morgan fingerprint density at radius 3 is 2.33 bits per heavy atom. The third-order valence-electron chi connectivity index (χ3n) is 5.33. The number of nitrogens with zero attached hydrogens (tertiary/aromatic N) is 1. The van der Waals surface area contributed by atoms with Gasteiger partial charge in [0.15, 0.2) is 5.75 Å². The summed E-state index contributed by atoms with van der Waals surface area (Å²) in [5.74, 6) is 0.130. The molecule has 172 valence electrons. The van der Waals surface area contributed by atoms with E-state index in [-0.39, 0.29) is 17.4 Å². The van der Waals surface area contributed by atoms with Crippen molar-refractivity contribution in [3.05, 3.63) is 65.9 Å². The molecule has 9 heteroatoms. The SMILES string of the molecule is COCn1cc(C(=O)OC)c2c3cc(OC)ccc3c(OS(=O)(=O)c3ccc(C)cc3)cc21. The van der Waals surface area contributed by atoms with Crippen molar-refractivity contribution >= 4 is 37.8 Å². The minimum Gasteiger partial charge on any atom is -0.497 e. The van der Waals surface area contributed by atoms with Crippen LogP contribution in [0.25, 0.3) is 21.7 Å². The van der Waals surface area contributed by atoms with E-state index in [9.17, 15) is 13.2 Å². The molecule has 0 unspecified atom stereocenters. The van der Waals surface area contributed by atoms with Crippen LogP contribution in [0.2, 0.25) is 0 Å². The van der Waals surface area contributed by atoms with Gasteiger partial charge in [-0.25, -0.2) is 4.79 Å². The average Bonchev–Trinajstić information content (AvgIpc) is 3.17. The van der Waals surface area contributed by atoms with Crippen LogP contribution in [-0.2, 0) is 26.3 Å². The monoisotopic (exact) mass is 469 g/mol. The molecule has 0 spiro atoms. The fourth-order valence-corrected chi connectivity index (χ4v) is 4.67. The molecule has 0 amide bonds. The molecule has 4 aromatic rings. The topological polar surface area (TPSA) is 93.1 Å². The van der Waals surface area contributed by atoms with Crippen molar-refractivity contribution in [2.24, 2.45) is 0 Å². The molecule has 0 saturated heterocycles. The molecule has 0 radical (unpaired) electrons. The van der Waals surface area contributed by atoms with Crippen molar-refractivity contribution in [2.45, 2.75) is 18.6 Å². The molecule has 0 aliphatic carbocycles. The van der Waals surface area contributed by atoms with Gasteiger partial charge >= 0.3 is 16.1 Å². The molecule has 0 aliphatic heterocycles. The van der Waals surface area contributed by atoms with Crippen LogP contribution in [0.15, 0.2) is 59.6 Å². The van der Waals surface area contributed by atoms with Gasteiger partial charge in [0.25, 0.3) is 0 Å². The first-order chi connectivity index (χ1) is 15.8. The van der Waals surface area contributed by atoms with E-state index in [1.54, 1.807) is 47.2 Å². The van der Waals surface area contributed by atoms with Crippen molar-refractivity contribution in [1.82, 2.24) is 4.57 Å². The van der Waals surface area contributed by atoms with Crippen molar-refractivity contribution < 1.29 is 31.6 Å². The molecule has 0 aliphatic rings. The summed E-state index contributed by atoms with van der Waals surface area (Å²) in [7, 11) is 0.240. The molecule has 0 saturated carbocycles. The van der Waals surface area contributed by atoms with Gasteiger partial charge in [-0.2, -0.15) is 8.42 Å². The number of hydrogen-bond acceptors (Lipinski definition) is 7. The van der Waals surface area contributed by atoms with Gasteiger partial charge < -0.3 is 23.0 Å². The molecule has 1 aromatic heterocycles. The standard InChI is InChI=1S/C24H23NO7S/c1-15-5-8-17(9-6-15)33(27,28)32-22-12-21-23(19-11-16(30-3)7-10-18(19)22)20(24(26)31-4)13-25(21)14-29-2/h5-13H,14H2,1-4H3. The Hall–Kier alpha value is -3.56. The molecule has 0 N–H and O–H groups in total. The first kappa shape index (κ1) is 22.6. The molecular weight excluding hydrogens is 446 g/mol. The minimum atomic E-state index is -4.11. The number of methoxy groups -OCH3 is 3. The van der Waals surface area contributed by atoms with Gasteiger partial charge in [-0.15, -0.1) is 0 Å². The zero-order valence-electron chi connectivity index (χ0n) is 18.6. The number of aryl methyl sites for hydroxylation is 1. The number of carbonyl (C=O) groups is 1. The highest BCUT2D eigenvalue weighted by Gasteiger charge is 2.24. The molecule has 0 fully saturated rings. The zero-order chi connectivity index (χ0) is 23.8. The normalized spacial score (nSPS) is 11.6. The highest BCUT2D eigenvalue weighted by molar-refractivity contribution is 7.87. The van der Waals surface area contributed by atoms with Crippen LogP contribution in [0.5, 0.6) is 11.5 Å². The smallest absolute Gasteiger partial charge is 0.340 e. The fraction of sp³-hybridized carbons (Fsp3) is 0.208. The lowest BCUT2D eigenvalue weighted by atomic mass is 10.0. The predicted molar refractivity (Wildman–Crippen MR) is 123 cm³/mol. The minimum absolute atomic E-state index is 0.0392. The maximum absolute atomic E-state index is 13.0. The Kier molecular flexibility index (Phi) is 6.01. The summed E-state index contributed by atoms with van der Waals surface area (Å²) < 4.78 is 49.0. The molecule has 0 bridgehead atoms. The van der Waals surface area contributed by atoms with Crippen molar-refractivity contribution in [3.8, 4) is 11.5 Å². The predicted octanol–water partition coefficient (Wildman–Crippen LogP) is 4.27. The largest absolute Gasteiger partial charge is 0.497 e. The van der Waals surface area contributed by atoms with E-state index in [2.05, 4.69) is 0 Å². The third-order valence-corrected chi connectivity index (χ3v) is 6.58. The number of carbonyl (C=O) groups excluding carboxylic acids is 1. The van der Waals surface area contributed by atoms with Gasteiger partial charge in [0.05, 0.1) is 25.3 Å². The molecule has 33 heavy (non-hydrogen) atoms. The number of rotatable bonds is 7. The van der Waals surface area contributed by atoms with E-state index in [1.165, 1.54) is 33.5 Å². The first-order valence-electron chi connectivity index (χ1n) is 10.0. The van der Waals surface area contributed by atoms with Crippen molar-refractivity contribution in [2.75, 3.05) is 21.3 Å². The zero-order valence-corrected chi connectivity index (χ0v) is 19.4. The fourth-order valence-electron chi connectivity index (χ4n) is 3.73. The van der Waals surface area contributed by atoms with Crippen molar-refractivity contribution in [3.63, 3.8) is 0 Å². The van der Waals surface area contributed by atoms with Crippen LogP contribution in [0.3, 0.4) is 0 Å². The lowest BCUT2D eigenvalue weighted by Gasteiger charge is -2.13. The van der Waals surface area contributed by atoms with Gasteiger partial charge in [0.1, 0.15) is 17.4 Å². The lowest BCUT2D eigenvalue weighted by Crippen LogP contribution is -2.10. The summed E-state index contributed by atoms with van der Waals surface area (Å²) >= 11 is 0. The Labute approximate surface area is 191 Å². The van der Waals surface area contributed by atoms with Crippen LogP contribution in [0.1, 0.15) is 15.9 Å². The summed E-state index contributed by atoms with van der Waals surface area (Å²) in [5, 5.41) is 1.66. The summed E-state index contributed by atoms with van der Waals surface area (Å²) in [6.45, 7) is 2.00. The molecule has 8 nitrogen and oxygen atoms in total. The van der Waals surface area contributed by atoms with Crippen LogP contribution in [-0.4, -0.2) is 40.3 Å². The Morgan fingerprint density at radius 2 is 1.70 bits per heavy atom. The maximum Gasteiger partial charge on any atom is 0.340 e. The third kappa shape index (κ3) is 4.12. The van der Waals surface area contributed by atoms with Crippen molar-refractivity contribution in [1.29, 1.82) is 0 Å². The van der Waals surface area contributed by atoms with Gasteiger partial charge in [-0.1, -0.05) is 17.7 Å². The van der Waals surface area contributed by atoms with E-state index >= 15 is 0 Å². The number of hydrogen-bond donors (Lipinski definition) is 0. The molecular formula is C24H23NO7S. The highest BCUT2D eigenvalue weighted by atomic mass is 32.2. The van der Waals surface area contributed by atoms with Crippen LogP contribution in [0.4, 0.5) is 0 Å². The second-order valence-corrected chi connectivity index (χ2v) is 9.00. The Balaban J connectivity index is 2.01. The van der Waals surface area contributed by atoms with E-state index in [4.69, 9.17) is 18.4 Å². The van der Waals surface area contributed by atoms with E-state index in [1.807, 2.05) is 6.92 Å². The van der Waals surface area contributed by atoms with Crippen LogP contribution >= 0.6 is 0 Å². The number of fused-ring (bicyclic) bond motifs is 3.